The number of aromatic nitrogens is 4. The van der Waals surface area contributed by atoms with Gasteiger partial charge in [-0.05, 0) is 6.07 Å². The standard InChI is InChI=1S/C19H19N5O4S/c1-26-14-4-11(5-15(27-2)17(14)28-3)24-7-16(22-10-24)23-18-13-6-12(8-25)29-19(13)21-9-20-18/h4-7,9-10,25H,8H2,1-3H3,(H,20,21,23). The Morgan fingerprint density at radius 2 is 1.79 bits per heavy atom. The van der Waals surface area contributed by atoms with Crippen molar-refractivity contribution in [1.29, 1.82) is 0 Å². The Bertz CT molecular complexity index is 1130. The number of thiophene rings is 1. The summed E-state index contributed by atoms with van der Waals surface area (Å²) in [7, 11) is 4.71. The average Bonchev–Trinajstić information content (AvgIpc) is 3.40. The highest BCUT2D eigenvalue weighted by molar-refractivity contribution is 7.18. The van der Waals surface area contributed by atoms with Crippen LogP contribution < -0.4 is 19.5 Å². The Morgan fingerprint density at radius 3 is 2.45 bits per heavy atom. The third kappa shape index (κ3) is 3.55. The third-order valence-electron chi connectivity index (χ3n) is 4.31. The lowest BCUT2D eigenvalue weighted by molar-refractivity contribution is 0.285. The minimum Gasteiger partial charge on any atom is -0.493 e. The number of anilines is 2. The zero-order valence-corrected chi connectivity index (χ0v) is 16.9. The third-order valence-corrected chi connectivity index (χ3v) is 5.34. The molecular formula is C19H19N5O4S. The highest BCUT2D eigenvalue weighted by atomic mass is 32.1. The van der Waals surface area contributed by atoms with Gasteiger partial charge in [-0.3, -0.25) is 0 Å². The van der Waals surface area contributed by atoms with Crippen molar-refractivity contribution in [3.05, 3.63) is 41.9 Å². The maximum Gasteiger partial charge on any atom is 0.203 e. The molecular weight excluding hydrogens is 394 g/mol. The van der Waals surface area contributed by atoms with Crippen LogP contribution in [0.25, 0.3) is 15.9 Å². The van der Waals surface area contributed by atoms with Crippen molar-refractivity contribution in [2.24, 2.45) is 0 Å². The lowest BCUT2D eigenvalue weighted by Crippen LogP contribution is -1.98. The number of benzene rings is 1. The Kier molecular flexibility index (Phi) is 5.19. The highest BCUT2D eigenvalue weighted by Crippen LogP contribution is 2.39. The van der Waals surface area contributed by atoms with Crippen LogP contribution in [0.2, 0.25) is 0 Å². The molecule has 3 heterocycles. The summed E-state index contributed by atoms with van der Waals surface area (Å²) >= 11 is 1.43. The van der Waals surface area contributed by atoms with E-state index in [9.17, 15) is 5.11 Å². The molecule has 4 aromatic rings. The van der Waals surface area contributed by atoms with Gasteiger partial charge in [-0.1, -0.05) is 0 Å². The lowest BCUT2D eigenvalue weighted by Gasteiger charge is -2.14. The molecule has 0 atom stereocenters. The van der Waals surface area contributed by atoms with E-state index in [1.54, 1.807) is 27.7 Å². The molecule has 9 nitrogen and oxygen atoms in total. The van der Waals surface area contributed by atoms with Crippen molar-refractivity contribution in [3.8, 4) is 22.9 Å². The van der Waals surface area contributed by atoms with Gasteiger partial charge in [0.25, 0.3) is 0 Å². The summed E-state index contributed by atoms with van der Waals surface area (Å²) in [6.45, 7) is -0.0315. The molecule has 0 fully saturated rings. The van der Waals surface area contributed by atoms with Crippen molar-refractivity contribution in [3.63, 3.8) is 0 Å². The maximum atomic E-state index is 9.37. The van der Waals surface area contributed by atoms with E-state index in [2.05, 4.69) is 20.3 Å². The minimum atomic E-state index is -0.0315. The number of hydrogen-bond donors (Lipinski definition) is 2. The topological polar surface area (TPSA) is 104 Å². The van der Waals surface area contributed by atoms with Crippen LogP contribution in [0.5, 0.6) is 17.2 Å². The van der Waals surface area contributed by atoms with Crippen LogP contribution in [0.4, 0.5) is 11.6 Å². The predicted molar refractivity (Wildman–Crippen MR) is 110 cm³/mol. The summed E-state index contributed by atoms with van der Waals surface area (Å²) in [4.78, 5) is 14.6. The molecule has 0 aliphatic rings. The number of fused-ring (bicyclic) bond motifs is 1. The fourth-order valence-corrected chi connectivity index (χ4v) is 3.80. The van der Waals surface area contributed by atoms with Crippen LogP contribution in [0.15, 0.2) is 37.1 Å². The second-order valence-corrected chi connectivity index (χ2v) is 7.10. The van der Waals surface area contributed by atoms with E-state index < -0.39 is 0 Å². The average molecular weight is 413 g/mol. The molecule has 0 aliphatic carbocycles. The predicted octanol–water partition coefficient (Wildman–Crippen LogP) is 3.14. The maximum absolute atomic E-state index is 9.37. The zero-order chi connectivity index (χ0) is 20.4. The molecule has 0 saturated heterocycles. The molecule has 0 aliphatic heterocycles. The molecule has 29 heavy (non-hydrogen) atoms. The number of rotatable bonds is 7. The van der Waals surface area contributed by atoms with E-state index in [0.717, 1.165) is 20.8 Å². The summed E-state index contributed by atoms with van der Waals surface area (Å²) in [6.07, 6.45) is 4.99. The first kappa shape index (κ1) is 19.0. The van der Waals surface area contributed by atoms with Crippen molar-refractivity contribution in [2.45, 2.75) is 6.61 Å². The van der Waals surface area contributed by atoms with Crippen molar-refractivity contribution in [1.82, 2.24) is 19.5 Å². The zero-order valence-electron chi connectivity index (χ0n) is 16.0. The Morgan fingerprint density at radius 1 is 1.03 bits per heavy atom. The van der Waals surface area contributed by atoms with Gasteiger partial charge in [-0.15, -0.1) is 11.3 Å². The lowest BCUT2D eigenvalue weighted by atomic mass is 10.2. The highest BCUT2D eigenvalue weighted by Gasteiger charge is 2.15. The van der Waals surface area contributed by atoms with Crippen LogP contribution in [0, 0.1) is 0 Å². The number of nitrogens with one attached hydrogen (secondary N) is 1. The van der Waals surface area contributed by atoms with Crippen LogP contribution >= 0.6 is 11.3 Å². The number of aliphatic hydroxyl groups is 1. The van der Waals surface area contributed by atoms with Gasteiger partial charge in [0.1, 0.15) is 29.1 Å². The van der Waals surface area contributed by atoms with E-state index >= 15 is 0 Å². The van der Waals surface area contributed by atoms with Gasteiger partial charge in [0.05, 0.1) is 45.2 Å². The number of hydrogen-bond acceptors (Lipinski definition) is 9. The van der Waals surface area contributed by atoms with E-state index in [-0.39, 0.29) is 6.61 Å². The van der Waals surface area contributed by atoms with Crippen LogP contribution in [-0.2, 0) is 6.61 Å². The fraction of sp³-hybridized carbons (Fsp3) is 0.211. The molecule has 0 radical (unpaired) electrons. The smallest absolute Gasteiger partial charge is 0.203 e. The first-order valence-corrected chi connectivity index (χ1v) is 9.44. The summed E-state index contributed by atoms with van der Waals surface area (Å²) in [5.41, 5.74) is 0.797. The van der Waals surface area contributed by atoms with E-state index in [1.165, 1.54) is 17.7 Å². The number of imidazole rings is 1. The van der Waals surface area contributed by atoms with Crippen LogP contribution in [0.1, 0.15) is 4.88 Å². The monoisotopic (exact) mass is 413 g/mol. The minimum absolute atomic E-state index is 0.0315. The molecule has 0 amide bonds. The van der Waals surface area contributed by atoms with Gasteiger partial charge < -0.3 is 29.2 Å². The summed E-state index contributed by atoms with van der Waals surface area (Å²) < 4.78 is 18.0. The van der Waals surface area contributed by atoms with Crippen molar-refractivity contribution < 1.29 is 19.3 Å². The first-order valence-electron chi connectivity index (χ1n) is 8.62. The van der Waals surface area contributed by atoms with E-state index in [1.807, 2.05) is 29.0 Å². The van der Waals surface area contributed by atoms with Gasteiger partial charge in [0.2, 0.25) is 5.75 Å². The molecule has 2 N–H and O–H groups in total. The van der Waals surface area contributed by atoms with Gasteiger partial charge in [-0.25, -0.2) is 15.0 Å². The Labute approximate surface area is 170 Å². The number of nitrogens with zero attached hydrogens (tertiary/aromatic N) is 4. The molecule has 0 spiro atoms. The molecule has 150 valence electrons. The number of methoxy groups -OCH3 is 3. The largest absolute Gasteiger partial charge is 0.493 e. The fourth-order valence-electron chi connectivity index (χ4n) is 2.95. The second kappa shape index (κ2) is 7.94. The van der Waals surface area contributed by atoms with Crippen molar-refractivity contribution in [2.75, 3.05) is 26.6 Å². The summed E-state index contributed by atoms with van der Waals surface area (Å²) in [5, 5.41) is 13.4. The van der Waals surface area contributed by atoms with Gasteiger partial charge in [0.15, 0.2) is 11.5 Å². The molecule has 0 unspecified atom stereocenters. The molecule has 4 rings (SSSR count). The summed E-state index contributed by atoms with van der Waals surface area (Å²) in [5.74, 6) is 2.86. The summed E-state index contributed by atoms with van der Waals surface area (Å²) in [6, 6.07) is 5.54. The first-order chi connectivity index (χ1) is 14.2. The molecule has 0 saturated carbocycles. The van der Waals surface area contributed by atoms with Crippen LogP contribution in [0.3, 0.4) is 0 Å². The normalized spacial score (nSPS) is 10.9. The molecule has 10 heteroatoms. The molecule has 0 bridgehead atoms. The van der Waals surface area contributed by atoms with E-state index in [4.69, 9.17) is 14.2 Å². The number of ether oxygens (including phenoxy) is 3. The van der Waals surface area contributed by atoms with Gasteiger partial charge in [-0.2, -0.15) is 0 Å². The number of aliphatic hydroxyl groups excluding tert-OH is 1. The van der Waals surface area contributed by atoms with Crippen LogP contribution in [-0.4, -0.2) is 46.0 Å². The van der Waals surface area contributed by atoms with Gasteiger partial charge in [0, 0.05) is 17.0 Å². The second-order valence-electron chi connectivity index (χ2n) is 5.99. The Hall–Kier alpha value is -3.37. The van der Waals surface area contributed by atoms with Crippen molar-refractivity contribution >= 4 is 33.2 Å². The Balaban J connectivity index is 1.67. The quantitative estimate of drug-likeness (QED) is 0.476. The molecule has 3 aromatic heterocycles. The van der Waals surface area contributed by atoms with Gasteiger partial charge >= 0.3 is 0 Å². The molecule has 1 aromatic carbocycles. The SMILES string of the molecule is COc1cc(-n2cnc(Nc3ncnc4sc(CO)cc34)c2)cc(OC)c1OC. The van der Waals surface area contributed by atoms with E-state index in [0.29, 0.717) is 28.9 Å².